The van der Waals surface area contributed by atoms with Crippen molar-refractivity contribution in [1.29, 1.82) is 5.26 Å². The van der Waals surface area contributed by atoms with Crippen LogP contribution in [0.15, 0.2) is 18.2 Å². The fraction of sp³-hybridized carbons (Fsp3) is 0.533. The first-order valence-electron chi connectivity index (χ1n) is 6.74. The highest BCUT2D eigenvalue weighted by Gasteiger charge is 2.42. The van der Waals surface area contributed by atoms with Crippen LogP contribution in [0.3, 0.4) is 0 Å². The minimum absolute atomic E-state index is 0.524. The summed E-state index contributed by atoms with van der Waals surface area (Å²) in [6.07, 6.45) is 2.79. The van der Waals surface area contributed by atoms with Gasteiger partial charge in [-0.25, -0.2) is 0 Å². The number of nitrogens with zero attached hydrogens (tertiary/aromatic N) is 1. The van der Waals surface area contributed by atoms with E-state index < -0.39 is 11.5 Å². The molecule has 1 saturated carbocycles. The second-order valence-electron chi connectivity index (χ2n) is 5.28. The molecule has 0 saturated heterocycles. The lowest BCUT2D eigenvalue weighted by molar-refractivity contribution is 0.0664. The van der Waals surface area contributed by atoms with E-state index in [-0.39, 0.29) is 0 Å². The number of ether oxygens (including phenoxy) is 2. The minimum atomic E-state index is -0.754. The molecule has 1 aromatic carbocycles. The molecule has 1 heterocycles. The summed E-state index contributed by atoms with van der Waals surface area (Å²) in [6.45, 7) is 1.08. The van der Waals surface area contributed by atoms with Crippen molar-refractivity contribution >= 4 is 0 Å². The van der Waals surface area contributed by atoms with Crippen molar-refractivity contribution < 1.29 is 14.6 Å². The number of fused-ring (bicyclic) bond motifs is 1. The second-order valence-corrected chi connectivity index (χ2v) is 5.28. The van der Waals surface area contributed by atoms with E-state index in [0.29, 0.717) is 24.7 Å². The molecule has 1 atom stereocenters. The largest absolute Gasteiger partial charge is 0.486 e. The SMILES string of the molecule is N#CC1(C(O)c2ccc3c(c2)OCCO3)CCCC1. The Kier molecular flexibility index (Phi) is 3.08. The summed E-state index contributed by atoms with van der Waals surface area (Å²) >= 11 is 0. The first-order chi connectivity index (χ1) is 9.25. The van der Waals surface area contributed by atoms with Crippen molar-refractivity contribution in [3.8, 4) is 17.6 Å². The number of nitriles is 1. The molecule has 0 amide bonds. The maximum absolute atomic E-state index is 10.6. The van der Waals surface area contributed by atoms with Crippen LogP contribution in [0, 0.1) is 16.7 Å². The van der Waals surface area contributed by atoms with E-state index in [4.69, 9.17) is 9.47 Å². The quantitative estimate of drug-likeness (QED) is 0.886. The molecule has 2 aliphatic rings. The lowest BCUT2D eigenvalue weighted by atomic mass is 9.78. The molecule has 0 radical (unpaired) electrons. The molecule has 3 rings (SSSR count). The Morgan fingerprint density at radius 3 is 2.53 bits per heavy atom. The smallest absolute Gasteiger partial charge is 0.161 e. The zero-order chi connectivity index (χ0) is 13.3. The average molecular weight is 259 g/mol. The summed E-state index contributed by atoms with van der Waals surface area (Å²) in [7, 11) is 0. The van der Waals surface area contributed by atoms with Gasteiger partial charge in [0.15, 0.2) is 11.5 Å². The van der Waals surface area contributed by atoms with Crippen LogP contribution < -0.4 is 9.47 Å². The number of hydrogen-bond donors (Lipinski definition) is 1. The number of aliphatic hydroxyl groups excluding tert-OH is 1. The monoisotopic (exact) mass is 259 g/mol. The first-order valence-corrected chi connectivity index (χ1v) is 6.74. The zero-order valence-corrected chi connectivity index (χ0v) is 10.8. The molecule has 0 aromatic heterocycles. The maximum atomic E-state index is 10.6. The summed E-state index contributed by atoms with van der Waals surface area (Å²) in [4.78, 5) is 0. The third-order valence-corrected chi connectivity index (χ3v) is 4.12. The Labute approximate surface area is 112 Å². The van der Waals surface area contributed by atoms with E-state index in [1.165, 1.54) is 0 Å². The standard InChI is InChI=1S/C15H17NO3/c16-10-15(5-1-2-6-15)14(17)11-3-4-12-13(9-11)19-8-7-18-12/h3-4,9,14,17H,1-2,5-8H2. The summed E-state index contributed by atoms with van der Waals surface area (Å²) in [5.41, 5.74) is 0.108. The van der Waals surface area contributed by atoms with Crippen LogP contribution in [-0.2, 0) is 0 Å². The number of hydrogen-bond acceptors (Lipinski definition) is 4. The summed E-state index contributed by atoms with van der Waals surface area (Å²) in [6, 6.07) is 7.78. The van der Waals surface area contributed by atoms with E-state index in [1.807, 2.05) is 12.1 Å². The highest BCUT2D eigenvalue weighted by Crippen LogP contribution is 2.48. The van der Waals surface area contributed by atoms with Gasteiger partial charge in [0.2, 0.25) is 0 Å². The van der Waals surface area contributed by atoms with Gasteiger partial charge in [-0.05, 0) is 30.5 Å². The van der Waals surface area contributed by atoms with E-state index in [9.17, 15) is 10.4 Å². The van der Waals surface area contributed by atoms with Gasteiger partial charge in [-0.1, -0.05) is 18.9 Å². The van der Waals surface area contributed by atoms with Crippen molar-refractivity contribution in [2.75, 3.05) is 13.2 Å². The Morgan fingerprint density at radius 2 is 1.84 bits per heavy atom. The molecular weight excluding hydrogens is 242 g/mol. The number of benzene rings is 1. The van der Waals surface area contributed by atoms with Crippen LogP contribution in [0.25, 0.3) is 0 Å². The fourth-order valence-electron chi connectivity index (χ4n) is 3.00. The Hall–Kier alpha value is -1.73. The summed E-state index contributed by atoms with van der Waals surface area (Å²) < 4.78 is 11.0. The van der Waals surface area contributed by atoms with Gasteiger partial charge in [-0.2, -0.15) is 5.26 Å². The van der Waals surface area contributed by atoms with Crippen LogP contribution in [-0.4, -0.2) is 18.3 Å². The van der Waals surface area contributed by atoms with E-state index in [0.717, 1.165) is 31.2 Å². The Bertz CT molecular complexity index is 515. The van der Waals surface area contributed by atoms with Gasteiger partial charge >= 0.3 is 0 Å². The van der Waals surface area contributed by atoms with Gasteiger partial charge in [0.25, 0.3) is 0 Å². The lowest BCUT2D eigenvalue weighted by Crippen LogP contribution is -2.24. The molecule has 1 unspecified atom stereocenters. The summed E-state index contributed by atoms with van der Waals surface area (Å²) in [5, 5.41) is 20.0. The second kappa shape index (κ2) is 4.75. The van der Waals surface area contributed by atoms with Gasteiger partial charge in [-0.3, -0.25) is 0 Å². The fourth-order valence-corrected chi connectivity index (χ4v) is 3.00. The molecule has 0 bridgehead atoms. The van der Waals surface area contributed by atoms with Crippen molar-refractivity contribution in [2.45, 2.75) is 31.8 Å². The molecule has 1 aromatic rings. The third-order valence-electron chi connectivity index (χ3n) is 4.12. The molecule has 4 heteroatoms. The normalized spacial score (nSPS) is 21.7. The molecule has 0 spiro atoms. The van der Waals surface area contributed by atoms with Crippen LogP contribution in [0.5, 0.6) is 11.5 Å². The molecule has 4 nitrogen and oxygen atoms in total. The lowest BCUT2D eigenvalue weighted by Gasteiger charge is -2.28. The van der Waals surface area contributed by atoms with E-state index in [2.05, 4.69) is 6.07 Å². The third kappa shape index (κ3) is 2.04. The number of aliphatic hydroxyl groups is 1. The van der Waals surface area contributed by atoms with Gasteiger partial charge in [-0.15, -0.1) is 0 Å². The van der Waals surface area contributed by atoms with Gasteiger partial charge in [0.05, 0.1) is 17.6 Å². The maximum Gasteiger partial charge on any atom is 0.161 e. The van der Waals surface area contributed by atoms with Crippen LogP contribution in [0.2, 0.25) is 0 Å². The Balaban J connectivity index is 1.91. The molecule has 1 aliphatic heterocycles. The van der Waals surface area contributed by atoms with Crippen molar-refractivity contribution in [3.63, 3.8) is 0 Å². The topological polar surface area (TPSA) is 62.5 Å². The van der Waals surface area contributed by atoms with E-state index in [1.54, 1.807) is 6.07 Å². The predicted octanol–water partition coefficient (Wildman–Crippen LogP) is 2.58. The van der Waals surface area contributed by atoms with Gasteiger partial charge < -0.3 is 14.6 Å². The predicted molar refractivity (Wildman–Crippen MR) is 68.9 cm³/mol. The summed E-state index contributed by atoms with van der Waals surface area (Å²) in [5.74, 6) is 1.37. The minimum Gasteiger partial charge on any atom is -0.486 e. The molecular formula is C15H17NO3. The van der Waals surface area contributed by atoms with Gasteiger partial charge in [0.1, 0.15) is 13.2 Å². The van der Waals surface area contributed by atoms with E-state index >= 15 is 0 Å². The molecule has 100 valence electrons. The van der Waals surface area contributed by atoms with Crippen molar-refractivity contribution in [3.05, 3.63) is 23.8 Å². The average Bonchev–Trinajstić information content (AvgIpc) is 2.96. The number of rotatable bonds is 2. The van der Waals surface area contributed by atoms with Crippen LogP contribution in [0.1, 0.15) is 37.4 Å². The zero-order valence-electron chi connectivity index (χ0n) is 10.8. The Morgan fingerprint density at radius 1 is 1.16 bits per heavy atom. The molecule has 1 aliphatic carbocycles. The molecule has 1 N–H and O–H groups in total. The van der Waals surface area contributed by atoms with Crippen LogP contribution >= 0.6 is 0 Å². The van der Waals surface area contributed by atoms with Crippen molar-refractivity contribution in [1.82, 2.24) is 0 Å². The van der Waals surface area contributed by atoms with Crippen molar-refractivity contribution in [2.24, 2.45) is 5.41 Å². The highest BCUT2D eigenvalue weighted by atomic mass is 16.6. The highest BCUT2D eigenvalue weighted by molar-refractivity contribution is 5.45. The van der Waals surface area contributed by atoms with Gasteiger partial charge in [0, 0.05) is 0 Å². The molecule has 19 heavy (non-hydrogen) atoms. The first kappa shape index (κ1) is 12.3. The van der Waals surface area contributed by atoms with Crippen LogP contribution in [0.4, 0.5) is 0 Å². The molecule has 1 fully saturated rings.